The molecule has 2 heterocycles. The molecule has 6 nitrogen and oxygen atoms in total. The first-order chi connectivity index (χ1) is 14.2. The Hall–Kier alpha value is -3.93. The Morgan fingerprint density at radius 3 is 2.45 bits per heavy atom. The van der Waals surface area contributed by atoms with E-state index in [9.17, 15) is 4.79 Å². The number of pyridine rings is 1. The van der Waals surface area contributed by atoms with Gasteiger partial charge in [-0.25, -0.2) is 4.68 Å². The maximum Gasteiger partial charge on any atom is 0.280 e. The van der Waals surface area contributed by atoms with E-state index in [0.717, 1.165) is 17.0 Å². The van der Waals surface area contributed by atoms with Gasteiger partial charge in [-0.15, -0.1) is 0 Å². The normalized spacial score (nSPS) is 11.4. The molecular formula is C23H20N4O2. The Morgan fingerprint density at radius 2 is 1.79 bits per heavy atom. The van der Waals surface area contributed by atoms with Gasteiger partial charge in [-0.05, 0) is 43.3 Å². The average molecular weight is 384 g/mol. The van der Waals surface area contributed by atoms with Crippen molar-refractivity contribution in [3.05, 3.63) is 95.0 Å². The Morgan fingerprint density at radius 1 is 1.03 bits per heavy atom. The lowest BCUT2D eigenvalue weighted by Gasteiger charge is -2.04. The predicted octanol–water partition coefficient (Wildman–Crippen LogP) is 4.38. The lowest BCUT2D eigenvalue weighted by molar-refractivity contribution is 0.414. The van der Waals surface area contributed by atoms with Crippen LogP contribution in [0.4, 0.5) is 5.69 Å². The van der Waals surface area contributed by atoms with Gasteiger partial charge in [-0.2, -0.15) is 0 Å². The number of H-pyrrole nitrogens is 1. The summed E-state index contributed by atoms with van der Waals surface area (Å²) in [6, 6.07) is 20.7. The number of benzene rings is 2. The smallest absolute Gasteiger partial charge is 0.280 e. The van der Waals surface area contributed by atoms with Crippen molar-refractivity contribution >= 4 is 11.4 Å². The van der Waals surface area contributed by atoms with Crippen LogP contribution in [0.15, 0.2) is 88.9 Å². The van der Waals surface area contributed by atoms with E-state index in [2.05, 4.69) is 15.1 Å². The van der Waals surface area contributed by atoms with Crippen LogP contribution in [0, 0.1) is 0 Å². The Kier molecular flexibility index (Phi) is 5.07. The summed E-state index contributed by atoms with van der Waals surface area (Å²) in [6.07, 6.45) is 3.36. The van der Waals surface area contributed by atoms with Crippen LogP contribution in [0.3, 0.4) is 0 Å². The Bertz CT molecular complexity index is 1190. The van der Waals surface area contributed by atoms with Gasteiger partial charge in [0.05, 0.1) is 41.7 Å². The maximum absolute atomic E-state index is 13.4. The second-order valence-corrected chi connectivity index (χ2v) is 6.47. The van der Waals surface area contributed by atoms with Crippen LogP contribution in [-0.4, -0.2) is 27.6 Å². The van der Waals surface area contributed by atoms with E-state index in [1.165, 1.54) is 4.68 Å². The molecule has 29 heavy (non-hydrogen) atoms. The third-order valence-electron chi connectivity index (χ3n) is 4.59. The van der Waals surface area contributed by atoms with Gasteiger partial charge in [0, 0.05) is 11.8 Å². The second-order valence-electron chi connectivity index (χ2n) is 6.47. The molecule has 0 atom stereocenters. The molecule has 4 rings (SSSR count). The standard InChI is InChI=1S/C23H20N4O2/c1-16(25-18-9-6-14-24-15-18)21-22(17-7-4-3-5-8-17)26-27(23(21)28)19-10-12-20(29-2)13-11-19/h3-15,26H,1-2H3. The molecule has 4 aromatic rings. The quantitative estimate of drug-likeness (QED) is 0.519. The molecule has 0 saturated heterocycles. The summed E-state index contributed by atoms with van der Waals surface area (Å²) in [5.74, 6) is 0.728. The van der Waals surface area contributed by atoms with Crippen molar-refractivity contribution in [1.29, 1.82) is 0 Å². The molecule has 0 fully saturated rings. The highest BCUT2D eigenvalue weighted by Gasteiger charge is 2.19. The fourth-order valence-corrected chi connectivity index (χ4v) is 3.17. The third-order valence-corrected chi connectivity index (χ3v) is 4.59. The SMILES string of the molecule is COc1ccc(-n2[nH]c(-c3ccccc3)c(C(C)=Nc3cccnc3)c2=O)cc1. The number of aromatic amines is 1. The lowest BCUT2D eigenvalue weighted by Crippen LogP contribution is -2.19. The zero-order valence-electron chi connectivity index (χ0n) is 16.2. The molecule has 0 aliphatic carbocycles. The van der Waals surface area contributed by atoms with E-state index < -0.39 is 0 Å². The molecule has 0 amide bonds. The van der Waals surface area contributed by atoms with Gasteiger partial charge in [0.25, 0.3) is 5.56 Å². The molecule has 0 saturated carbocycles. The molecule has 0 spiro atoms. The van der Waals surface area contributed by atoms with Crippen LogP contribution in [0.25, 0.3) is 16.9 Å². The Balaban J connectivity index is 1.89. The van der Waals surface area contributed by atoms with Gasteiger partial charge < -0.3 is 4.74 Å². The molecule has 0 radical (unpaired) electrons. The number of hydrogen-bond acceptors (Lipinski definition) is 4. The largest absolute Gasteiger partial charge is 0.497 e. The van der Waals surface area contributed by atoms with Crippen molar-refractivity contribution in [3.63, 3.8) is 0 Å². The molecule has 144 valence electrons. The minimum atomic E-state index is -0.167. The number of nitrogens with one attached hydrogen (secondary N) is 1. The number of aromatic nitrogens is 3. The summed E-state index contributed by atoms with van der Waals surface area (Å²) < 4.78 is 6.74. The van der Waals surface area contributed by atoms with E-state index >= 15 is 0 Å². The summed E-state index contributed by atoms with van der Waals surface area (Å²) in [4.78, 5) is 22.1. The van der Waals surface area contributed by atoms with Crippen molar-refractivity contribution in [1.82, 2.24) is 14.8 Å². The maximum atomic E-state index is 13.4. The van der Waals surface area contributed by atoms with Crippen molar-refractivity contribution < 1.29 is 4.74 Å². The highest BCUT2D eigenvalue weighted by atomic mass is 16.5. The van der Waals surface area contributed by atoms with E-state index in [1.54, 1.807) is 19.5 Å². The van der Waals surface area contributed by atoms with Gasteiger partial charge in [0.2, 0.25) is 0 Å². The van der Waals surface area contributed by atoms with E-state index in [1.807, 2.05) is 73.7 Å². The van der Waals surface area contributed by atoms with Crippen LogP contribution >= 0.6 is 0 Å². The van der Waals surface area contributed by atoms with Crippen molar-refractivity contribution in [3.8, 4) is 22.7 Å². The topological polar surface area (TPSA) is 72.3 Å². The first-order valence-electron chi connectivity index (χ1n) is 9.18. The van der Waals surface area contributed by atoms with E-state index in [-0.39, 0.29) is 5.56 Å². The monoisotopic (exact) mass is 384 g/mol. The molecule has 0 aliphatic heterocycles. The fraction of sp³-hybridized carbons (Fsp3) is 0.0870. The van der Waals surface area contributed by atoms with Crippen LogP contribution in [0.1, 0.15) is 12.5 Å². The van der Waals surface area contributed by atoms with E-state index in [4.69, 9.17) is 4.74 Å². The molecule has 0 unspecified atom stereocenters. The number of nitrogens with zero attached hydrogens (tertiary/aromatic N) is 3. The number of hydrogen-bond donors (Lipinski definition) is 1. The van der Waals surface area contributed by atoms with Crippen LogP contribution < -0.4 is 10.3 Å². The number of rotatable bonds is 5. The van der Waals surface area contributed by atoms with Crippen LogP contribution in [0.5, 0.6) is 5.75 Å². The van der Waals surface area contributed by atoms with Crippen LogP contribution in [0.2, 0.25) is 0 Å². The number of methoxy groups -OCH3 is 1. The second kappa shape index (κ2) is 7.98. The minimum absolute atomic E-state index is 0.167. The van der Waals surface area contributed by atoms with Gasteiger partial charge in [-0.1, -0.05) is 30.3 Å². The van der Waals surface area contributed by atoms with Crippen molar-refractivity contribution in [2.24, 2.45) is 4.99 Å². The first kappa shape index (κ1) is 18.4. The molecule has 1 N–H and O–H groups in total. The Labute approximate surface area is 168 Å². The summed E-state index contributed by atoms with van der Waals surface area (Å²) in [5, 5.41) is 3.25. The molecule has 2 aromatic heterocycles. The van der Waals surface area contributed by atoms with Crippen LogP contribution in [-0.2, 0) is 0 Å². The number of aliphatic imine (C=N–C) groups is 1. The molecule has 6 heteroatoms. The lowest BCUT2D eigenvalue weighted by atomic mass is 10.1. The molecule has 0 aliphatic rings. The summed E-state index contributed by atoms with van der Waals surface area (Å²) >= 11 is 0. The highest BCUT2D eigenvalue weighted by molar-refractivity contribution is 6.04. The summed E-state index contributed by atoms with van der Waals surface area (Å²) in [5.41, 5.74) is 4.01. The van der Waals surface area contributed by atoms with E-state index in [0.29, 0.717) is 22.6 Å². The van der Waals surface area contributed by atoms with Gasteiger partial charge in [0.1, 0.15) is 5.75 Å². The fourth-order valence-electron chi connectivity index (χ4n) is 3.17. The van der Waals surface area contributed by atoms with Gasteiger partial charge in [-0.3, -0.25) is 19.9 Å². The zero-order valence-corrected chi connectivity index (χ0v) is 16.2. The molecule has 2 aromatic carbocycles. The third kappa shape index (κ3) is 3.73. The summed E-state index contributed by atoms with van der Waals surface area (Å²) in [6.45, 7) is 1.84. The minimum Gasteiger partial charge on any atom is -0.497 e. The predicted molar refractivity (Wildman–Crippen MR) is 114 cm³/mol. The zero-order chi connectivity index (χ0) is 20.2. The average Bonchev–Trinajstić information content (AvgIpc) is 3.12. The molecule has 0 bridgehead atoms. The van der Waals surface area contributed by atoms with Gasteiger partial charge in [0.15, 0.2) is 0 Å². The number of ether oxygens (including phenoxy) is 1. The van der Waals surface area contributed by atoms with Crippen molar-refractivity contribution in [2.45, 2.75) is 6.92 Å². The molecular weight excluding hydrogens is 364 g/mol. The summed E-state index contributed by atoms with van der Waals surface area (Å²) in [7, 11) is 1.61. The van der Waals surface area contributed by atoms with Crippen molar-refractivity contribution in [2.75, 3.05) is 7.11 Å². The highest BCUT2D eigenvalue weighted by Crippen LogP contribution is 2.23. The van der Waals surface area contributed by atoms with Gasteiger partial charge >= 0.3 is 0 Å². The first-order valence-corrected chi connectivity index (χ1v) is 9.18.